The van der Waals surface area contributed by atoms with Crippen LogP contribution in [0.4, 0.5) is 0 Å². The Morgan fingerprint density at radius 3 is 2.78 bits per heavy atom. The molecule has 1 aliphatic rings. The Labute approximate surface area is 159 Å². The number of ether oxygens (including phenoxy) is 1. The molecule has 0 saturated carbocycles. The summed E-state index contributed by atoms with van der Waals surface area (Å²) in [5, 5.41) is 6.04. The van der Waals surface area contributed by atoms with Crippen LogP contribution in [-0.4, -0.2) is 47.1 Å². The second-order valence-corrected chi connectivity index (χ2v) is 7.16. The third kappa shape index (κ3) is 3.35. The van der Waals surface area contributed by atoms with Gasteiger partial charge in [-0.2, -0.15) is 4.98 Å². The van der Waals surface area contributed by atoms with Crippen molar-refractivity contribution in [3.8, 4) is 10.8 Å². The number of carbonyl (C=O) groups excluding carboxylic acids is 2. The summed E-state index contributed by atoms with van der Waals surface area (Å²) in [6.45, 7) is 1.06. The van der Waals surface area contributed by atoms with Gasteiger partial charge in [0.05, 0.1) is 23.1 Å². The van der Waals surface area contributed by atoms with Crippen molar-refractivity contribution in [2.75, 3.05) is 20.2 Å². The first-order valence-corrected chi connectivity index (χ1v) is 9.39. The van der Waals surface area contributed by atoms with Crippen molar-refractivity contribution in [2.45, 2.75) is 12.3 Å². The number of amides is 1. The first-order valence-electron chi connectivity index (χ1n) is 8.51. The van der Waals surface area contributed by atoms with Crippen molar-refractivity contribution in [3.63, 3.8) is 0 Å². The first kappa shape index (κ1) is 17.4. The van der Waals surface area contributed by atoms with Crippen LogP contribution < -0.4 is 0 Å². The van der Waals surface area contributed by atoms with Gasteiger partial charge in [0.25, 0.3) is 11.8 Å². The quantitative estimate of drug-likeness (QED) is 0.643. The second-order valence-electron chi connectivity index (χ2n) is 6.21. The Hall–Kier alpha value is -3.00. The van der Waals surface area contributed by atoms with Crippen molar-refractivity contribution in [3.05, 3.63) is 58.7 Å². The SMILES string of the molecule is COC(=O)c1ccccc1C(=O)N1CCC(c2noc(-c3cccs3)n2)C1. The molecule has 1 unspecified atom stereocenters. The van der Waals surface area contributed by atoms with Crippen LogP contribution >= 0.6 is 11.3 Å². The molecule has 1 atom stereocenters. The molecule has 0 radical (unpaired) electrons. The molecule has 0 bridgehead atoms. The Kier molecular flexibility index (Phi) is 4.72. The standard InChI is InChI=1S/C19H17N3O4S/c1-25-19(24)14-6-3-2-5-13(14)18(23)22-9-8-12(11-22)16-20-17(26-21-16)15-7-4-10-27-15/h2-7,10,12H,8-9,11H2,1H3. The maximum atomic E-state index is 12.9. The topological polar surface area (TPSA) is 85.5 Å². The number of methoxy groups -OCH3 is 1. The van der Waals surface area contributed by atoms with E-state index >= 15 is 0 Å². The summed E-state index contributed by atoms with van der Waals surface area (Å²) in [6.07, 6.45) is 0.746. The molecule has 3 aromatic rings. The number of likely N-dealkylation sites (tertiary alicyclic amines) is 1. The lowest BCUT2D eigenvalue weighted by atomic mass is 10.1. The molecule has 1 fully saturated rings. The molecule has 2 aromatic heterocycles. The van der Waals surface area contributed by atoms with Gasteiger partial charge in [-0.1, -0.05) is 23.4 Å². The number of hydrogen-bond acceptors (Lipinski definition) is 7. The lowest BCUT2D eigenvalue weighted by Crippen LogP contribution is -2.30. The van der Waals surface area contributed by atoms with Crippen LogP contribution in [0.5, 0.6) is 0 Å². The van der Waals surface area contributed by atoms with Crippen LogP contribution in [0.25, 0.3) is 10.8 Å². The fraction of sp³-hybridized carbons (Fsp3) is 0.263. The lowest BCUT2D eigenvalue weighted by Gasteiger charge is -2.17. The molecule has 1 aromatic carbocycles. The average molecular weight is 383 g/mol. The Bertz CT molecular complexity index is 967. The summed E-state index contributed by atoms with van der Waals surface area (Å²) in [4.78, 5) is 32.0. The van der Waals surface area contributed by atoms with Crippen LogP contribution in [-0.2, 0) is 4.74 Å². The third-order valence-corrected chi connectivity index (χ3v) is 5.43. The van der Waals surface area contributed by atoms with E-state index < -0.39 is 5.97 Å². The molecule has 138 valence electrons. The van der Waals surface area contributed by atoms with Gasteiger partial charge in [0.1, 0.15) is 0 Å². The number of thiophene rings is 1. The van der Waals surface area contributed by atoms with Crippen LogP contribution in [0.2, 0.25) is 0 Å². The molecule has 0 N–H and O–H groups in total. The minimum atomic E-state index is -0.520. The van der Waals surface area contributed by atoms with E-state index in [1.165, 1.54) is 18.4 Å². The van der Waals surface area contributed by atoms with E-state index in [9.17, 15) is 9.59 Å². The normalized spacial score (nSPS) is 16.5. The van der Waals surface area contributed by atoms with Gasteiger partial charge >= 0.3 is 5.97 Å². The summed E-state index contributed by atoms with van der Waals surface area (Å²) < 4.78 is 10.1. The number of carbonyl (C=O) groups is 2. The van der Waals surface area contributed by atoms with Crippen molar-refractivity contribution < 1.29 is 18.8 Å². The predicted molar refractivity (Wildman–Crippen MR) is 98.7 cm³/mol. The molecule has 3 heterocycles. The summed E-state index contributed by atoms with van der Waals surface area (Å²) in [7, 11) is 1.30. The number of hydrogen-bond donors (Lipinski definition) is 0. The lowest BCUT2D eigenvalue weighted by molar-refractivity contribution is 0.0592. The highest BCUT2D eigenvalue weighted by Crippen LogP contribution is 2.30. The van der Waals surface area contributed by atoms with Crippen molar-refractivity contribution >= 4 is 23.2 Å². The van der Waals surface area contributed by atoms with Gasteiger partial charge in [-0.15, -0.1) is 11.3 Å². The van der Waals surface area contributed by atoms with Gasteiger partial charge in [-0.3, -0.25) is 4.79 Å². The van der Waals surface area contributed by atoms with Gasteiger partial charge in [0.15, 0.2) is 5.82 Å². The van der Waals surface area contributed by atoms with Crippen LogP contribution in [0.1, 0.15) is 38.9 Å². The number of aromatic nitrogens is 2. The fourth-order valence-electron chi connectivity index (χ4n) is 3.18. The summed E-state index contributed by atoms with van der Waals surface area (Å²) in [5.41, 5.74) is 0.616. The highest BCUT2D eigenvalue weighted by Gasteiger charge is 2.32. The maximum Gasteiger partial charge on any atom is 0.338 e. The van der Waals surface area contributed by atoms with E-state index in [0.717, 1.165) is 11.3 Å². The Morgan fingerprint density at radius 2 is 2.04 bits per heavy atom. The number of nitrogens with zero attached hydrogens (tertiary/aromatic N) is 3. The highest BCUT2D eigenvalue weighted by molar-refractivity contribution is 7.13. The van der Waals surface area contributed by atoms with E-state index in [1.54, 1.807) is 29.2 Å². The van der Waals surface area contributed by atoms with Crippen molar-refractivity contribution in [1.29, 1.82) is 0 Å². The molecule has 7 nitrogen and oxygen atoms in total. The van der Waals surface area contributed by atoms with E-state index in [-0.39, 0.29) is 17.4 Å². The zero-order valence-electron chi connectivity index (χ0n) is 14.6. The molecule has 0 spiro atoms. The number of rotatable bonds is 4. The zero-order valence-corrected chi connectivity index (χ0v) is 15.4. The summed E-state index contributed by atoms with van der Waals surface area (Å²) >= 11 is 1.54. The van der Waals surface area contributed by atoms with Crippen LogP contribution in [0.3, 0.4) is 0 Å². The summed E-state index contributed by atoms with van der Waals surface area (Å²) in [6, 6.07) is 10.5. The largest absolute Gasteiger partial charge is 0.465 e. The van der Waals surface area contributed by atoms with E-state index in [2.05, 4.69) is 10.1 Å². The highest BCUT2D eigenvalue weighted by atomic mass is 32.1. The number of benzene rings is 1. The molecule has 1 amide bonds. The van der Waals surface area contributed by atoms with E-state index in [1.807, 2.05) is 17.5 Å². The first-order chi connectivity index (χ1) is 13.2. The minimum Gasteiger partial charge on any atom is -0.465 e. The van der Waals surface area contributed by atoms with Crippen molar-refractivity contribution in [1.82, 2.24) is 15.0 Å². The van der Waals surface area contributed by atoms with Crippen LogP contribution in [0.15, 0.2) is 46.3 Å². The second kappa shape index (κ2) is 7.32. The number of esters is 1. The summed E-state index contributed by atoms with van der Waals surface area (Å²) in [5.74, 6) is 0.404. The van der Waals surface area contributed by atoms with Crippen LogP contribution in [0, 0.1) is 0 Å². The molecule has 1 aliphatic heterocycles. The monoisotopic (exact) mass is 383 g/mol. The van der Waals surface area contributed by atoms with E-state index in [4.69, 9.17) is 9.26 Å². The molecular weight excluding hydrogens is 366 g/mol. The van der Waals surface area contributed by atoms with Gasteiger partial charge in [0.2, 0.25) is 0 Å². The zero-order chi connectivity index (χ0) is 18.8. The average Bonchev–Trinajstić information content (AvgIpc) is 3.46. The Balaban J connectivity index is 1.50. The molecule has 1 saturated heterocycles. The molecule has 4 rings (SSSR count). The minimum absolute atomic E-state index is 0.0108. The fourth-order valence-corrected chi connectivity index (χ4v) is 3.83. The molecule has 8 heteroatoms. The van der Waals surface area contributed by atoms with E-state index in [0.29, 0.717) is 30.4 Å². The smallest absolute Gasteiger partial charge is 0.338 e. The molecular formula is C19H17N3O4S. The van der Waals surface area contributed by atoms with Gasteiger partial charge in [0, 0.05) is 19.0 Å². The maximum absolute atomic E-state index is 12.9. The van der Waals surface area contributed by atoms with Gasteiger partial charge in [-0.25, -0.2) is 4.79 Å². The molecule has 27 heavy (non-hydrogen) atoms. The van der Waals surface area contributed by atoms with Crippen molar-refractivity contribution in [2.24, 2.45) is 0 Å². The Morgan fingerprint density at radius 1 is 1.22 bits per heavy atom. The third-order valence-electron chi connectivity index (χ3n) is 4.58. The predicted octanol–water partition coefficient (Wildman–Crippen LogP) is 3.21. The molecule has 0 aliphatic carbocycles. The van der Waals surface area contributed by atoms with Gasteiger partial charge in [-0.05, 0) is 30.0 Å². The van der Waals surface area contributed by atoms with Gasteiger partial charge < -0.3 is 14.2 Å².